The van der Waals surface area contributed by atoms with Crippen LogP contribution < -0.4 is 10.3 Å². The summed E-state index contributed by atoms with van der Waals surface area (Å²) in [6, 6.07) is 2.21. The van der Waals surface area contributed by atoms with Crippen molar-refractivity contribution in [1.82, 2.24) is 25.2 Å². The molecule has 2 aromatic heterocycles. The Balaban J connectivity index is 1.94. The minimum atomic E-state index is 0.321. The standard InChI is InChI=1S/C13H17N5O/c1-14-19-13-15-6-5-11(17-13)10-8-16-18(2)12(10)7-9-3-4-9/h5-6,8-9,14H,3-4,7H2,1-2H3. The summed E-state index contributed by atoms with van der Waals surface area (Å²) >= 11 is 0. The summed E-state index contributed by atoms with van der Waals surface area (Å²) in [5.74, 6) is 0.809. The maximum Gasteiger partial charge on any atom is 0.336 e. The molecule has 0 aliphatic heterocycles. The Hall–Kier alpha value is -1.95. The normalized spacial score (nSPS) is 14.6. The molecule has 6 heteroatoms. The maximum absolute atomic E-state index is 5.11. The molecule has 2 heterocycles. The number of aromatic nitrogens is 4. The highest BCUT2D eigenvalue weighted by molar-refractivity contribution is 5.61. The Morgan fingerprint density at radius 3 is 3.05 bits per heavy atom. The molecule has 6 nitrogen and oxygen atoms in total. The molecule has 0 spiro atoms. The zero-order valence-electron chi connectivity index (χ0n) is 11.1. The van der Waals surface area contributed by atoms with E-state index in [1.165, 1.54) is 18.5 Å². The van der Waals surface area contributed by atoms with Crippen LogP contribution >= 0.6 is 0 Å². The van der Waals surface area contributed by atoms with E-state index in [1.54, 1.807) is 13.2 Å². The van der Waals surface area contributed by atoms with Gasteiger partial charge in [-0.05, 0) is 31.2 Å². The number of hydroxylamine groups is 1. The topological polar surface area (TPSA) is 64.9 Å². The SMILES string of the molecule is CNOc1nccc(-c2cnn(C)c2CC2CC2)n1. The van der Waals surface area contributed by atoms with E-state index in [0.29, 0.717) is 6.01 Å². The number of nitrogens with zero attached hydrogens (tertiary/aromatic N) is 4. The summed E-state index contributed by atoms with van der Waals surface area (Å²) in [6.07, 6.45) is 7.27. The van der Waals surface area contributed by atoms with Gasteiger partial charge in [0.1, 0.15) is 0 Å². The smallest absolute Gasteiger partial charge is 0.336 e. The predicted molar refractivity (Wildman–Crippen MR) is 70.3 cm³/mol. The van der Waals surface area contributed by atoms with Crippen molar-refractivity contribution in [1.29, 1.82) is 0 Å². The van der Waals surface area contributed by atoms with Gasteiger partial charge in [0.15, 0.2) is 0 Å². The van der Waals surface area contributed by atoms with Crippen molar-refractivity contribution in [3.05, 3.63) is 24.2 Å². The Kier molecular flexibility index (Phi) is 3.16. The molecule has 0 saturated heterocycles. The molecule has 100 valence electrons. The first-order valence-electron chi connectivity index (χ1n) is 6.46. The van der Waals surface area contributed by atoms with Gasteiger partial charge in [-0.15, -0.1) is 0 Å². The third-order valence-electron chi connectivity index (χ3n) is 3.34. The third kappa shape index (κ3) is 2.58. The lowest BCUT2D eigenvalue weighted by atomic mass is 10.1. The van der Waals surface area contributed by atoms with E-state index < -0.39 is 0 Å². The van der Waals surface area contributed by atoms with Crippen LogP contribution in [0, 0.1) is 5.92 Å². The molecule has 1 fully saturated rings. The van der Waals surface area contributed by atoms with Gasteiger partial charge < -0.3 is 4.84 Å². The molecule has 19 heavy (non-hydrogen) atoms. The van der Waals surface area contributed by atoms with Crippen LogP contribution in [0.25, 0.3) is 11.3 Å². The average Bonchev–Trinajstić information content (AvgIpc) is 3.15. The summed E-state index contributed by atoms with van der Waals surface area (Å²) < 4.78 is 1.94. The fourth-order valence-electron chi connectivity index (χ4n) is 2.15. The van der Waals surface area contributed by atoms with Gasteiger partial charge in [-0.2, -0.15) is 15.6 Å². The Bertz CT molecular complexity index is 576. The van der Waals surface area contributed by atoms with Crippen LogP contribution in [-0.4, -0.2) is 26.8 Å². The van der Waals surface area contributed by atoms with Gasteiger partial charge in [0.2, 0.25) is 0 Å². The van der Waals surface area contributed by atoms with Crippen molar-refractivity contribution in [2.24, 2.45) is 13.0 Å². The van der Waals surface area contributed by atoms with E-state index >= 15 is 0 Å². The van der Waals surface area contributed by atoms with Crippen LogP contribution in [0.15, 0.2) is 18.5 Å². The van der Waals surface area contributed by atoms with E-state index in [2.05, 4.69) is 20.5 Å². The number of nitrogens with one attached hydrogen (secondary N) is 1. The van der Waals surface area contributed by atoms with Crippen molar-refractivity contribution < 1.29 is 4.84 Å². The van der Waals surface area contributed by atoms with Gasteiger partial charge in [0.25, 0.3) is 0 Å². The molecular weight excluding hydrogens is 242 g/mol. The van der Waals surface area contributed by atoms with Crippen LogP contribution in [-0.2, 0) is 13.5 Å². The quantitative estimate of drug-likeness (QED) is 0.821. The van der Waals surface area contributed by atoms with Crippen molar-refractivity contribution in [2.75, 3.05) is 7.05 Å². The minimum Gasteiger partial charge on any atom is -0.368 e. The fraction of sp³-hybridized carbons (Fsp3) is 0.462. The van der Waals surface area contributed by atoms with E-state index in [-0.39, 0.29) is 0 Å². The third-order valence-corrected chi connectivity index (χ3v) is 3.34. The Morgan fingerprint density at radius 2 is 2.32 bits per heavy atom. The van der Waals surface area contributed by atoms with Crippen molar-refractivity contribution >= 4 is 0 Å². The van der Waals surface area contributed by atoms with Gasteiger partial charge in [-0.1, -0.05) is 0 Å². The Morgan fingerprint density at radius 1 is 1.47 bits per heavy atom. The van der Waals surface area contributed by atoms with Crippen LogP contribution in [0.1, 0.15) is 18.5 Å². The lowest BCUT2D eigenvalue weighted by molar-refractivity contribution is 0.204. The second kappa shape index (κ2) is 4.97. The molecule has 0 radical (unpaired) electrons. The zero-order valence-corrected chi connectivity index (χ0v) is 11.1. The van der Waals surface area contributed by atoms with Gasteiger partial charge in [0.05, 0.1) is 11.9 Å². The van der Waals surface area contributed by atoms with E-state index in [0.717, 1.165) is 23.6 Å². The highest BCUT2D eigenvalue weighted by Crippen LogP contribution is 2.35. The summed E-state index contributed by atoms with van der Waals surface area (Å²) in [6.45, 7) is 0. The van der Waals surface area contributed by atoms with Crippen molar-refractivity contribution in [2.45, 2.75) is 19.3 Å². The van der Waals surface area contributed by atoms with Crippen LogP contribution in [0.2, 0.25) is 0 Å². The van der Waals surface area contributed by atoms with Gasteiger partial charge in [-0.3, -0.25) is 4.68 Å². The largest absolute Gasteiger partial charge is 0.368 e. The molecule has 0 unspecified atom stereocenters. The minimum absolute atomic E-state index is 0.321. The molecule has 1 aliphatic rings. The number of aryl methyl sites for hydroxylation is 1. The molecule has 1 N–H and O–H groups in total. The molecule has 0 atom stereocenters. The molecule has 3 rings (SSSR count). The first kappa shape index (κ1) is 12.1. The van der Waals surface area contributed by atoms with Gasteiger partial charge >= 0.3 is 6.01 Å². The molecule has 1 saturated carbocycles. The first-order valence-corrected chi connectivity index (χ1v) is 6.46. The first-order chi connectivity index (χ1) is 9.28. The van der Waals surface area contributed by atoms with E-state index in [9.17, 15) is 0 Å². The molecule has 0 amide bonds. The Labute approximate surface area is 111 Å². The van der Waals surface area contributed by atoms with Crippen molar-refractivity contribution in [3.63, 3.8) is 0 Å². The zero-order chi connectivity index (χ0) is 13.2. The summed E-state index contributed by atoms with van der Waals surface area (Å²) in [5, 5.41) is 4.35. The monoisotopic (exact) mass is 259 g/mol. The average molecular weight is 259 g/mol. The van der Waals surface area contributed by atoms with Crippen LogP contribution in [0.3, 0.4) is 0 Å². The highest BCUT2D eigenvalue weighted by atomic mass is 16.7. The number of hydrogen-bond donors (Lipinski definition) is 1. The van der Waals surface area contributed by atoms with Crippen LogP contribution in [0.4, 0.5) is 0 Å². The number of hydrogen-bond acceptors (Lipinski definition) is 5. The van der Waals surface area contributed by atoms with Crippen LogP contribution in [0.5, 0.6) is 6.01 Å². The van der Waals surface area contributed by atoms with Gasteiger partial charge in [0, 0.05) is 31.5 Å². The van der Waals surface area contributed by atoms with Gasteiger partial charge in [-0.25, -0.2) is 4.98 Å². The lowest BCUT2D eigenvalue weighted by Gasteiger charge is -2.06. The predicted octanol–water partition coefficient (Wildman–Crippen LogP) is 1.34. The molecule has 0 bridgehead atoms. The molecule has 0 aromatic carbocycles. The summed E-state index contributed by atoms with van der Waals surface area (Å²) in [4.78, 5) is 13.5. The summed E-state index contributed by atoms with van der Waals surface area (Å²) in [5.41, 5.74) is 5.73. The van der Waals surface area contributed by atoms with Crippen molar-refractivity contribution in [3.8, 4) is 17.3 Å². The maximum atomic E-state index is 5.11. The highest BCUT2D eigenvalue weighted by Gasteiger charge is 2.25. The fourth-order valence-corrected chi connectivity index (χ4v) is 2.15. The molecule has 1 aliphatic carbocycles. The lowest BCUT2D eigenvalue weighted by Crippen LogP contribution is -2.13. The van der Waals surface area contributed by atoms with E-state index in [4.69, 9.17) is 4.84 Å². The molecular formula is C13H17N5O. The second-order valence-electron chi connectivity index (χ2n) is 4.81. The van der Waals surface area contributed by atoms with E-state index in [1.807, 2.05) is 24.0 Å². The second-order valence-corrected chi connectivity index (χ2v) is 4.81. The summed E-state index contributed by atoms with van der Waals surface area (Å²) in [7, 11) is 3.66. The number of rotatable bonds is 5. The molecule has 2 aromatic rings.